The van der Waals surface area contributed by atoms with Gasteiger partial charge >= 0.3 is 5.97 Å². The zero-order valence-corrected chi connectivity index (χ0v) is 10.4. The molecule has 0 fully saturated rings. The topological polar surface area (TPSA) is 55.1 Å². The van der Waals surface area contributed by atoms with Crippen LogP contribution < -0.4 is 0 Å². The van der Waals surface area contributed by atoms with Crippen molar-refractivity contribution >= 4 is 17.0 Å². The zero-order chi connectivity index (χ0) is 13.4. The van der Waals surface area contributed by atoms with Gasteiger partial charge in [-0.3, -0.25) is 4.57 Å². The van der Waals surface area contributed by atoms with E-state index in [1.54, 1.807) is 18.5 Å². The molecule has 3 rings (SSSR count). The van der Waals surface area contributed by atoms with Gasteiger partial charge in [0, 0.05) is 0 Å². The molecule has 4 heteroatoms. The predicted molar refractivity (Wildman–Crippen MR) is 72.8 cm³/mol. The lowest BCUT2D eigenvalue weighted by Crippen LogP contribution is -2.06. The molecule has 0 bridgehead atoms. The number of hydrogen-bond donors (Lipinski definition) is 1. The van der Waals surface area contributed by atoms with E-state index in [4.69, 9.17) is 0 Å². The first-order valence-electron chi connectivity index (χ1n) is 5.94. The van der Waals surface area contributed by atoms with Gasteiger partial charge in [0.25, 0.3) is 0 Å². The minimum absolute atomic E-state index is 0.281. The van der Waals surface area contributed by atoms with Gasteiger partial charge in [0.1, 0.15) is 6.33 Å². The van der Waals surface area contributed by atoms with Crippen LogP contribution >= 0.6 is 0 Å². The molecule has 1 aromatic heterocycles. The zero-order valence-electron chi connectivity index (χ0n) is 10.4. The van der Waals surface area contributed by atoms with Crippen molar-refractivity contribution in [1.82, 2.24) is 9.55 Å². The Morgan fingerprint density at radius 3 is 2.74 bits per heavy atom. The molecule has 2 aromatic carbocycles. The smallest absolute Gasteiger partial charge is 0.337 e. The van der Waals surface area contributed by atoms with Crippen molar-refractivity contribution < 1.29 is 9.90 Å². The van der Waals surface area contributed by atoms with Crippen LogP contribution in [0.15, 0.2) is 48.8 Å². The van der Waals surface area contributed by atoms with Gasteiger partial charge in [-0.25, -0.2) is 9.78 Å². The molecule has 0 aliphatic carbocycles. The molecule has 4 nitrogen and oxygen atoms in total. The summed E-state index contributed by atoms with van der Waals surface area (Å²) in [6.45, 7) is 1.90. The summed E-state index contributed by atoms with van der Waals surface area (Å²) in [5.41, 5.74) is 3.61. The van der Waals surface area contributed by atoms with E-state index in [0.29, 0.717) is 5.69 Å². The average molecular weight is 252 g/mol. The first kappa shape index (κ1) is 11.5. The van der Waals surface area contributed by atoms with Crippen LogP contribution in [-0.4, -0.2) is 20.6 Å². The number of carbonyl (C=O) groups is 1. The lowest BCUT2D eigenvalue weighted by molar-refractivity contribution is 0.0697. The van der Waals surface area contributed by atoms with E-state index in [9.17, 15) is 9.90 Å². The summed E-state index contributed by atoms with van der Waals surface area (Å²) in [5.74, 6) is -0.934. The lowest BCUT2D eigenvalue weighted by Gasteiger charge is -2.11. The Balaban J connectivity index is 2.36. The van der Waals surface area contributed by atoms with Crippen LogP contribution in [-0.2, 0) is 0 Å². The van der Waals surface area contributed by atoms with Gasteiger partial charge in [0.15, 0.2) is 0 Å². The first-order valence-corrected chi connectivity index (χ1v) is 5.94. The number of hydrogen-bond acceptors (Lipinski definition) is 2. The second-order valence-corrected chi connectivity index (χ2v) is 4.38. The van der Waals surface area contributed by atoms with Crippen LogP contribution in [0.25, 0.3) is 16.7 Å². The Hall–Kier alpha value is -2.62. The molecule has 0 saturated heterocycles. The fourth-order valence-corrected chi connectivity index (χ4v) is 2.29. The molecule has 94 valence electrons. The molecular weight excluding hydrogens is 240 g/mol. The van der Waals surface area contributed by atoms with Crippen LogP contribution in [0.1, 0.15) is 15.9 Å². The van der Waals surface area contributed by atoms with Crippen molar-refractivity contribution in [3.05, 3.63) is 59.9 Å². The molecule has 0 amide bonds. The molecular formula is C15H12N2O2. The second-order valence-electron chi connectivity index (χ2n) is 4.38. The summed E-state index contributed by atoms with van der Waals surface area (Å²) >= 11 is 0. The Morgan fingerprint density at radius 1 is 1.16 bits per heavy atom. The Kier molecular flexibility index (Phi) is 2.56. The Labute approximate surface area is 109 Å². The number of fused-ring (bicyclic) bond motifs is 1. The average Bonchev–Trinajstić information content (AvgIpc) is 2.82. The van der Waals surface area contributed by atoms with E-state index in [2.05, 4.69) is 4.98 Å². The highest BCUT2D eigenvalue weighted by molar-refractivity contribution is 5.93. The Bertz CT molecular complexity index is 775. The van der Waals surface area contributed by atoms with Gasteiger partial charge in [0.05, 0.1) is 22.3 Å². The predicted octanol–water partition coefficient (Wildman–Crippen LogP) is 3.03. The number of imidazole rings is 1. The summed E-state index contributed by atoms with van der Waals surface area (Å²) in [6, 6.07) is 12.9. The molecule has 0 radical (unpaired) electrons. The maximum absolute atomic E-state index is 11.4. The first-order chi connectivity index (χ1) is 9.18. The fraction of sp³-hybridized carbons (Fsp3) is 0.0667. The SMILES string of the molecule is Cc1cccc(C(=O)O)c1-n1cnc2ccccc21. The van der Waals surface area contributed by atoms with Crippen molar-refractivity contribution in [3.8, 4) is 5.69 Å². The van der Waals surface area contributed by atoms with Gasteiger partial charge in [-0.15, -0.1) is 0 Å². The van der Waals surface area contributed by atoms with Crippen molar-refractivity contribution in [1.29, 1.82) is 0 Å². The van der Waals surface area contributed by atoms with Gasteiger partial charge < -0.3 is 5.11 Å². The number of para-hydroxylation sites is 3. The third kappa shape index (κ3) is 1.78. The van der Waals surface area contributed by atoms with Crippen LogP contribution in [0.4, 0.5) is 0 Å². The molecule has 0 aliphatic heterocycles. The van der Waals surface area contributed by atoms with Crippen molar-refractivity contribution in [2.24, 2.45) is 0 Å². The quantitative estimate of drug-likeness (QED) is 0.762. The third-order valence-electron chi connectivity index (χ3n) is 3.16. The highest BCUT2D eigenvalue weighted by Crippen LogP contribution is 2.24. The normalized spacial score (nSPS) is 10.8. The van der Waals surface area contributed by atoms with E-state index in [1.165, 1.54) is 0 Å². The van der Waals surface area contributed by atoms with Gasteiger partial charge in [-0.1, -0.05) is 24.3 Å². The number of carboxylic acid groups (broad SMARTS) is 1. The van der Waals surface area contributed by atoms with Crippen molar-refractivity contribution in [2.75, 3.05) is 0 Å². The summed E-state index contributed by atoms with van der Waals surface area (Å²) in [5, 5.41) is 9.33. The third-order valence-corrected chi connectivity index (χ3v) is 3.16. The number of rotatable bonds is 2. The number of carboxylic acids is 1. The molecule has 0 unspecified atom stereocenters. The summed E-state index contributed by atoms with van der Waals surface area (Å²) in [7, 11) is 0. The minimum atomic E-state index is -0.934. The molecule has 1 N–H and O–H groups in total. The van der Waals surface area contributed by atoms with E-state index in [-0.39, 0.29) is 5.56 Å². The monoisotopic (exact) mass is 252 g/mol. The Morgan fingerprint density at radius 2 is 1.95 bits per heavy atom. The highest BCUT2D eigenvalue weighted by Gasteiger charge is 2.15. The maximum Gasteiger partial charge on any atom is 0.337 e. The van der Waals surface area contributed by atoms with Crippen molar-refractivity contribution in [2.45, 2.75) is 6.92 Å². The molecule has 0 saturated carbocycles. The number of nitrogens with zero attached hydrogens (tertiary/aromatic N) is 2. The largest absolute Gasteiger partial charge is 0.478 e. The van der Waals surface area contributed by atoms with Gasteiger partial charge in [-0.05, 0) is 30.7 Å². The van der Waals surface area contributed by atoms with Gasteiger partial charge in [-0.2, -0.15) is 0 Å². The van der Waals surface area contributed by atoms with Crippen molar-refractivity contribution in [3.63, 3.8) is 0 Å². The number of aryl methyl sites for hydroxylation is 1. The standard InChI is InChI=1S/C15H12N2O2/c1-10-5-4-6-11(15(18)19)14(10)17-9-16-12-7-2-3-8-13(12)17/h2-9H,1H3,(H,18,19). The molecule has 0 aliphatic rings. The number of aromatic nitrogens is 2. The van der Waals surface area contributed by atoms with E-state index in [1.807, 2.05) is 41.8 Å². The fourth-order valence-electron chi connectivity index (χ4n) is 2.29. The van der Waals surface area contributed by atoms with Crippen LogP contribution in [0, 0.1) is 6.92 Å². The number of benzene rings is 2. The van der Waals surface area contributed by atoms with E-state index < -0.39 is 5.97 Å². The van der Waals surface area contributed by atoms with E-state index >= 15 is 0 Å². The molecule has 19 heavy (non-hydrogen) atoms. The van der Waals surface area contributed by atoms with Crippen LogP contribution in [0.3, 0.4) is 0 Å². The maximum atomic E-state index is 11.4. The van der Waals surface area contributed by atoms with Crippen LogP contribution in [0.5, 0.6) is 0 Å². The summed E-state index contributed by atoms with van der Waals surface area (Å²) in [4.78, 5) is 15.7. The van der Waals surface area contributed by atoms with Crippen LogP contribution in [0.2, 0.25) is 0 Å². The second kappa shape index (κ2) is 4.24. The number of aromatic carboxylic acids is 1. The molecule has 3 aromatic rings. The minimum Gasteiger partial charge on any atom is -0.478 e. The summed E-state index contributed by atoms with van der Waals surface area (Å²) < 4.78 is 1.83. The molecule has 1 heterocycles. The summed E-state index contributed by atoms with van der Waals surface area (Å²) in [6.07, 6.45) is 1.67. The van der Waals surface area contributed by atoms with E-state index in [0.717, 1.165) is 16.6 Å². The molecule has 0 atom stereocenters. The molecule has 0 spiro atoms. The van der Waals surface area contributed by atoms with Gasteiger partial charge in [0.2, 0.25) is 0 Å². The lowest BCUT2D eigenvalue weighted by atomic mass is 10.1. The highest BCUT2D eigenvalue weighted by atomic mass is 16.4.